The number of ether oxygens (including phenoxy) is 1. The maximum Gasteiger partial charge on any atom is 0.376 e. The molecule has 0 amide bonds. The summed E-state index contributed by atoms with van der Waals surface area (Å²) in [5, 5.41) is 11.6. The van der Waals surface area contributed by atoms with Gasteiger partial charge in [0.05, 0.1) is 7.11 Å². The highest BCUT2D eigenvalue weighted by Gasteiger charge is 2.12. The fourth-order valence-electron chi connectivity index (χ4n) is 1.49. The van der Waals surface area contributed by atoms with E-state index in [1.54, 1.807) is 13.0 Å². The van der Waals surface area contributed by atoms with E-state index in [4.69, 9.17) is 5.11 Å². The Labute approximate surface area is 111 Å². The van der Waals surface area contributed by atoms with Crippen LogP contribution >= 0.6 is 0 Å². The maximum absolute atomic E-state index is 11.3. The van der Waals surface area contributed by atoms with Crippen LogP contribution in [0, 0.1) is 12.8 Å². The molecule has 7 nitrogen and oxygen atoms in total. The second-order valence-electron chi connectivity index (χ2n) is 4.29. The van der Waals surface area contributed by atoms with E-state index in [1.165, 1.54) is 7.11 Å². The fourth-order valence-corrected chi connectivity index (χ4v) is 1.49. The highest BCUT2D eigenvalue weighted by molar-refractivity contribution is 5.85. The third-order valence-corrected chi connectivity index (χ3v) is 2.38. The van der Waals surface area contributed by atoms with E-state index < -0.39 is 11.9 Å². The molecule has 0 fully saturated rings. The van der Waals surface area contributed by atoms with Crippen LogP contribution in [0.2, 0.25) is 0 Å². The fraction of sp³-hybridized carbons (Fsp3) is 0.500. The second-order valence-corrected chi connectivity index (χ2v) is 4.29. The molecule has 1 aromatic rings. The molecule has 1 rings (SSSR count). The second kappa shape index (κ2) is 6.67. The van der Waals surface area contributed by atoms with Crippen LogP contribution < -0.4 is 5.32 Å². The first-order valence-corrected chi connectivity index (χ1v) is 5.82. The Morgan fingerprint density at radius 3 is 2.74 bits per heavy atom. The summed E-state index contributed by atoms with van der Waals surface area (Å²) in [5.74, 6) is -1.04. The lowest BCUT2D eigenvalue weighted by molar-refractivity contribution is -0.137. The lowest BCUT2D eigenvalue weighted by Gasteiger charge is -2.11. The Balaban J connectivity index is 2.70. The molecule has 0 bridgehead atoms. The molecule has 0 radical (unpaired) electrons. The SMILES string of the molecule is COC(=O)c1nc(C)cc(NCC(C)CC(=O)O)n1. The van der Waals surface area contributed by atoms with E-state index in [-0.39, 0.29) is 18.2 Å². The quantitative estimate of drug-likeness (QED) is 0.744. The molecule has 7 heteroatoms. The van der Waals surface area contributed by atoms with E-state index in [9.17, 15) is 9.59 Å². The Bertz CT molecular complexity index is 476. The van der Waals surface area contributed by atoms with E-state index >= 15 is 0 Å². The van der Waals surface area contributed by atoms with Gasteiger partial charge in [0, 0.05) is 24.7 Å². The maximum atomic E-state index is 11.3. The minimum Gasteiger partial charge on any atom is -0.481 e. The molecule has 1 unspecified atom stereocenters. The molecule has 0 aromatic carbocycles. The summed E-state index contributed by atoms with van der Waals surface area (Å²) in [6.45, 7) is 4.00. The molecular formula is C12H17N3O4. The van der Waals surface area contributed by atoms with Crippen molar-refractivity contribution in [3.05, 3.63) is 17.6 Å². The van der Waals surface area contributed by atoms with Gasteiger partial charge in [-0.25, -0.2) is 14.8 Å². The molecule has 0 spiro atoms. The minimum atomic E-state index is -0.844. The van der Waals surface area contributed by atoms with Gasteiger partial charge in [0.1, 0.15) is 5.82 Å². The van der Waals surface area contributed by atoms with Gasteiger partial charge >= 0.3 is 11.9 Å². The smallest absolute Gasteiger partial charge is 0.376 e. The molecule has 1 aromatic heterocycles. The summed E-state index contributed by atoms with van der Waals surface area (Å²) in [5.41, 5.74) is 0.629. The Kier molecular flexibility index (Phi) is 5.23. The zero-order valence-electron chi connectivity index (χ0n) is 11.1. The monoisotopic (exact) mass is 267 g/mol. The summed E-state index contributed by atoms with van der Waals surface area (Å²) in [4.78, 5) is 29.9. The number of nitrogens with one attached hydrogen (secondary N) is 1. The molecular weight excluding hydrogens is 250 g/mol. The van der Waals surface area contributed by atoms with Crippen LogP contribution in [0.15, 0.2) is 6.07 Å². The third-order valence-electron chi connectivity index (χ3n) is 2.38. The van der Waals surface area contributed by atoms with Gasteiger partial charge in [0.2, 0.25) is 5.82 Å². The van der Waals surface area contributed by atoms with Crippen molar-refractivity contribution in [3.8, 4) is 0 Å². The summed E-state index contributed by atoms with van der Waals surface area (Å²) < 4.78 is 4.56. The number of carboxylic acids is 1. The number of aliphatic carboxylic acids is 1. The van der Waals surface area contributed by atoms with Crippen molar-refractivity contribution in [2.75, 3.05) is 19.0 Å². The third kappa shape index (κ3) is 4.90. The normalized spacial score (nSPS) is 11.7. The van der Waals surface area contributed by atoms with Crippen molar-refractivity contribution in [3.63, 3.8) is 0 Å². The van der Waals surface area contributed by atoms with Gasteiger partial charge in [-0.05, 0) is 12.8 Å². The first-order chi connectivity index (χ1) is 8.92. The molecule has 1 atom stereocenters. The van der Waals surface area contributed by atoms with Gasteiger partial charge < -0.3 is 15.2 Å². The van der Waals surface area contributed by atoms with Crippen molar-refractivity contribution >= 4 is 17.8 Å². The average molecular weight is 267 g/mol. The molecule has 2 N–H and O–H groups in total. The van der Waals surface area contributed by atoms with Crippen LogP contribution in [0.3, 0.4) is 0 Å². The van der Waals surface area contributed by atoms with Crippen LogP contribution in [0.4, 0.5) is 5.82 Å². The summed E-state index contributed by atoms with van der Waals surface area (Å²) in [7, 11) is 1.26. The van der Waals surface area contributed by atoms with Gasteiger partial charge in [-0.2, -0.15) is 0 Å². The average Bonchev–Trinajstić information content (AvgIpc) is 2.34. The number of rotatable bonds is 6. The number of carbonyl (C=O) groups is 2. The number of nitrogens with zero attached hydrogens (tertiary/aromatic N) is 2. The van der Waals surface area contributed by atoms with Crippen molar-refractivity contribution in [2.24, 2.45) is 5.92 Å². The Hall–Kier alpha value is -2.18. The van der Waals surface area contributed by atoms with Gasteiger partial charge in [0.15, 0.2) is 0 Å². The highest BCUT2D eigenvalue weighted by atomic mass is 16.5. The molecule has 0 aliphatic carbocycles. The number of carbonyl (C=O) groups excluding carboxylic acids is 1. The molecule has 1 heterocycles. The van der Waals surface area contributed by atoms with E-state index in [0.29, 0.717) is 18.1 Å². The first kappa shape index (κ1) is 14.9. The minimum absolute atomic E-state index is 0.0177. The molecule has 0 saturated carbocycles. The zero-order valence-corrected chi connectivity index (χ0v) is 11.1. The van der Waals surface area contributed by atoms with Crippen LogP contribution in [0.25, 0.3) is 0 Å². The van der Waals surface area contributed by atoms with Gasteiger partial charge in [0.25, 0.3) is 0 Å². The van der Waals surface area contributed by atoms with E-state index in [0.717, 1.165) is 0 Å². The molecule has 0 aliphatic heterocycles. The number of hydrogen-bond donors (Lipinski definition) is 2. The van der Waals surface area contributed by atoms with Gasteiger partial charge in [-0.3, -0.25) is 4.79 Å². The van der Waals surface area contributed by atoms with Crippen molar-refractivity contribution < 1.29 is 19.4 Å². The molecule has 104 valence electrons. The first-order valence-electron chi connectivity index (χ1n) is 5.82. The number of aryl methyl sites for hydroxylation is 1. The van der Waals surface area contributed by atoms with Crippen LogP contribution in [0.1, 0.15) is 29.7 Å². The predicted octanol–water partition coefficient (Wildman–Crippen LogP) is 1.09. The predicted molar refractivity (Wildman–Crippen MR) is 68.0 cm³/mol. The number of anilines is 1. The lowest BCUT2D eigenvalue weighted by Crippen LogP contribution is -2.17. The standard InChI is InChI=1S/C12H17N3O4/c1-7(4-10(16)17)6-13-9-5-8(2)14-11(15-9)12(18)19-3/h5,7H,4,6H2,1-3H3,(H,16,17)(H,13,14,15). The van der Waals surface area contributed by atoms with Gasteiger partial charge in [-0.1, -0.05) is 6.92 Å². The molecule has 0 aliphatic rings. The van der Waals surface area contributed by atoms with E-state index in [1.807, 2.05) is 6.92 Å². The largest absolute Gasteiger partial charge is 0.481 e. The summed E-state index contributed by atoms with van der Waals surface area (Å²) in [6, 6.07) is 1.68. The number of esters is 1. The Morgan fingerprint density at radius 1 is 1.47 bits per heavy atom. The summed E-state index contributed by atoms with van der Waals surface area (Å²) in [6.07, 6.45) is 0.0704. The summed E-state index contributed by atoms with van der Waals surface area (Å²) >= 11 is 0. The van der Waals surface area contributed by atoms with Crippen molar-refractivity contribution in [2.45, 2.75) is 20.3 Å². The molecule has 19 heavy (non-hydrogen) atoms. The number of methoxy groups -OCH3 is 1. The van der Waals surface area contributed by atoms with Crippen molar-refractivity contribution in [1.82, 2.24) is 9.97 Å². The number of aromatic nitrogens is 2. The van der Waals surface area contributed by atoms with Crippen molar-refractivity contribution in [1.29, 1.82) is 0 Å². The highest BCUT2D eigenvalue weighted by Crippen LogP contribution is 2.09. The Morgan fingerprint density at radius 2 is 2.16 bits per heavy atom. The number of hydrogen-bond acceptors (Lipinski definition) is 6. The lowest BCUT2D eigenvalue weighted by atomic mass is 10.1. The zero-order chi connectivity index (χ0) is 14.4. The topological polar surface area (TPSA) is 101 Å². The molecule has 0 saturated heterocycles. The number of carboxylic acid groups (broad SMARTS) is 1. The van der Waals surface area contributed by atoms with Crippen LogP contribution in [0.5, 0.6) is 0 Å². The van der Waals surface area contributed by atoms with Gasteiger partial charge in [-0.15, -0.1) is 0 Å². The van der Waals surface area contributed by atoms with Crippen LogP contribution in [-0.4, -0.2) is 40.7 Å². The van der Waals surface area contributed by atoms with E-state index in [2.05, 4.69) is 20.0 Å². The van der Waals surface area contributed by atoms with Crippen LogP contribution in [-0.2, 0) is 9.53 Å².